The van der Waals surface area contributed by atoms with E-state index >= 15 is 0 Å². The van der Waals surface area contributed by atoms with E-state index in [-0.39, 0.29) is 18.1 Å². The van der Waals surface area contributed by atoms with Crippen molar-refractivity contribution in [3.8, 4) is 5.75 Å². The lowest BCUT2D eigenvalue weighted by Crippen LogP contribution is -2.35. The second-order valence-corrected chi connectivity index (χ2v) is 5.40. The number of ketones is 1. The maximum absolute atomic E-state index is 13.5. The smallest absolute Gasteiger partial charge is 0.176 e. The molecule has 0 aliphatic rings. The summed E-state index contributed by atoms with van der Waals surface area (Å²) in [5.41, 5.74) is 0.376. The highest BCUT2D eigenvalue weighted by molar-refractivity contribution is 7.98. The predicted octanol–water partition coefficient (Wildman–Crippen LogP) is 2.70. The maximum Gasteiger partial charge on any atom is 0.176 e. The molecule has 19 heavy (non-hydrogen) atoms. The predicted molar refractivity (Wildman–Crippen MR) is 77.8 cm³/mol. The lowest BCUT2D eigenvalue weighted by Gasteiger charge is -2.23. The number of hydrogen-bond donors (Lipinski definition) is 0. The minimum absolute atomic E-state index is 0.0861. The second kappa shape index (κ2) is 7.50. The van der Waals surface area contributed by atoms with Crippen LogP contribution in [0, 0.1) is 5.82 Å². The minimum Gasteiger partial charge on any atom is -0.494 e. The van der Waals surface area contributed by atoms with Gasteiger partial charge in [0.05, 0.1) is 13.7 Å². The zero-order valence-electron chi connectivity index (χ0n) is 11.8. The van der Waals surface area contributed by atoms with Crippen LogP contribution < -0.4 is 4.74 Å². The monoisotopic (exact) mass is 285 g/mol. The Hall–Kier alpha value is -1.07. The summed E-state index contributed by atoms with van der Waals surface area (Å²) in [4.78, 5) is 14.0. The van der Waals surface area contributed by atoms with Crippen molar-refractivity contribution in [2.24, 2.45) is 0 Å². The molecule has 1 aromatic carbocycles. The third-order valence-electron chi connectivity index (χ3n) is 3.03. The fraction of sp³-hybridized carbons (Fsp3) is 0.500. The lowest BCUT2D eigenvalue weighted by molar-refractivity contribution is 0.0930. The molecule has 1 unspecified atom stereocenters. The first-order valence-electron chi connectivity index (χ1n) is 6.05. The highest BCUT2D eigenvalue weighted by Crippen LogP contribution is 2.18. The van der Waals surface area contributed by atoms with Crippen LogP contribution in [0.25, 0.3) is 0 Å². The number of thioether (sulfide) groups is 1. The van der Waals surface area contributed by atoms with Crippen LogP contribution in [0.4, 0.5) is 4.39 Å². The van der Waals surface area contributed by atoms with Crippen molar-refractivity contribution >= 4 is 17.5 Å². The van der Waals surface area contributed by atoms with E-state index in [1.165, 1.54) is 19.2 Å². The molecule has 0 saturated heterocycles. The third-order valence-corrected chi connectivity index (χ3v) is 3.84. The SMILES string of the molecule is COc1ccc(C(=O)CN(C)C(C)CSC)cc1F. The van der Waals surface area contributed by atoms with Gasteiger partial charge in [-0.05, 0) is 38.4 Å². The fourth-order valence-corrected chi connectivity index (χ4v) is 2.42. The van der Waals surface area contributed by atoms with Crippen molar-refractivity contribution in [1.82, 2.24) is 4.90 Å². The van der Waals surface area contributed by atoms with Gasteiger partial charge in [-0.3, -0.25) is 9.69 Å². The van der Waals surface area contributed by atoms with Gasteiger partial charge in [-0.15, -0.1) is 0 Å². The van der Waals surface area contributed by atoms with E-state index in [4.69, 9.17) is 4.74 Å². The summed E-state index contributed by atoms with van der Waals surface area (Å²) in [5.74, 6) is 0.520. The first-order valence-corrected chi connectivity index (χ1v) is 7.45. The summed E-state index contributed by atoms with van der Waals surface area (Å²) in [6.45, 7) is 2.35. The number of benzene rings is 1. The van der Waals surface area contributed by atoms with Crippen molar-refractivity contribution in [3.63, 3.8) is 0 Å². The van der Waals surface area contributed by atoms with Crippen LogP contribution in [0.3, 0.4) is 0 Å². The molecule has 0 fully saturated rings. The van der Waals surface area contributed by atoms with Crippen LogP contribution in [-0.2, 0) is 0 Å². The molecule has 106 valence electrons. The van der Waals surface area contributed by atoms with Gasteiger partial charge in [0, 0.05) is 17.4 Å². The topological polar surface area (TPSA) is 29.5 Å². The van der Waals surface area contributed by atoms with Crippen LogP contribution in [0.1, 0.15) is 17.3 Å². The number of carbonyl (C=O) groups excluding carboxylic acids is 1. The van der Waals surface area contributed by atoms with Gasteiger partial charge < -0.3 is 4.74 Å². The number of nitrogens with zero attached hydrogens (tertiary/aromatic N) is 1. The molecule has 0 N–H and O–H groups in total. The Morgan fingerprint density at radius 2 is 2.21 bits per heavy atom. The quantitative estimate of drug-likeness (QED) is 0.720. The minimum atomic E-state index is -0.506. The Labute approximate surface area is 118 Å². The first-order chi connectivity index (χ1) is 8.99. The molecular formula is C14H20FNO2S. The number of rotatable bonds is 7. The van der Waals surface area contributed by atoms with Crippen molar-refractivity contribution in [1.29, 1.82) is 0 Å². The van der Waals surface area contributed by atoms with Gasteiger partial charge in [-0.1, -0.05) is 0 Å². The normalized spacial score (nSPS) is 12.5. The van der Waals surface area contributed by atoms with Crippen LogP contribution >= 0.6 is 11.8 Å². The fourth-order valence-electron chi connectivity index (χ4n) is 1.68. The zero-order chi connectivity index (χ0) is 14.4. The molecular weight excluding hydrogens is 265 g/mol. The number of halogens is 1. The van der Waals surface area contributed by atoms with Gasteiger partial charge in [0.15, 0.2) is 17.3 Å². The first kappa shape index (κ1) is 16.0. The van der Waals surface area contributed by atoms with Gasteiger partial charge in [-0.2, -0.15) is 11.8 Å². The zero-order valence-corrected chi connectivity index (χ0v) is 12.6. The maximum atomic E-state index is 13.5. The number of hydrogen-bond acceptors (Lipinski definition) is 4. The molecule has 5 heteroatoms. The summed E-state index contributed by atoms with van der Waals surface area (Å²) in [7, 11) is 3.30. The molecule has 1 atom stereocenters. The molecule has 0 radical (unpaired) electrons. The van der Waals surface area contributed by atoms with E-state index in [1.807, 2.05) is 18.2 Å². The molecule has 0 saturated carbocycles. The largest absolute Gasteiger partial charge is 0.494 e. The third kappa shape index (κ3) is 4.51. The van der Waals surface area contributed by atoms with Gasteiger partial charge in [0.2, 0.25) is 0 Å². The molecule has 3 nitrogen and oxygen atoms in total. The molecule has 0 aliphatic heterocycles. The lowest BCUT2D eigenvalue weighted by atomic mass is 10.1. The number of carbonyl (C=O) groups is 1. The van der Waals surface area contributed by atoms with E-state index in [9.17, 15) is 9.18 Å². The molecule has 1 rings (SSSR count). The average Bonchev–Trinajstić information content (AvgIpc) is 2.38. The summed E-state index contributed by atoms with van der Waals surface area (Å²) in [6.07, 6.45) is 2.03. The summed E-state index contributed by atoms with van der Waals surface area (Å²) in [6, 6.07) is 4.61. The molecule has 0 aliphatic carbocycles. The Morgan fingerprint density at radius 3 is 2.74 bits per heavy atom. The number of ether oxygens (including phenoxy) is 1. The highest BCUT2D eigenvalue weighted by Gasteiger charge is 2.15. The van der Waals surface area contributed by atoms with Crippen molar-refractivity contribution in [2.45, 2.75) is 13.0 Å². The van der Waals surface area contributed by atoms with Crippen molar-refractivity contribution in [2.75, 3.05) is 32.7 Å². The summed E-state index contributed by atoms with van der Waals surface area (Å²) >= 11 is 1.74. The van der Waals surface area contributed by atoms with Crippen LogP contribution in [0.2, 0.25) is 0 Å². The van der Waals surface area contributed by atoms with Crippen molar-refractivity contribution in [3.05, 3.63) is 29.6 Å². The van der Waals surface area contributed by atoms with Crippen LogP contribution in [0.15, 0.2) is 18.2 Å². The van der Waals surface area contributed by atoms with Crippen LogP contribution in [0.5, 0.6) is 5.75 Å². The van der Waals surface area contributed by atoms with Crippen LogP contribution in [-0.4, -0.2) is 49.4 Å². The Balaban J connectivity index is 2.70. The molecule has 0 aromatic heterocycles. The van der Waals surface area contributed by atoms with E-state index in [0.717, 1.165) is 5.75 Å². The van der Waals surface area contributed by atoms with Gasteiger partial charge in [-0.25, -0.2) is 4.39 Å². The molecule has 1 aromatic rings. The van der Waals surface area contributed by atoms with E-state index in [1.54, 1.807) is 17.8 Å². The Morgan fingerprint density at radius 1 is 1.53 bits per heavy atom. The molecule has 0 spiro atoms. The summed E-state index contributed by atoms with van der Waals surface area (Å²) < 4.78 is 18.4. The molecule has 0 bridgehead atoms. The van der Waals surface area contributed by atoms with Gasteiger partial charge >= 0.3 is 0 Å². The Kier molecular flexibility index (Phi) is 6.31. The average molecular weight is 285 g/mol. The van der Waals surface area contributed by atoms with Gasteiger partial charge in [0.1, 0.15) is 0 Å². The highest BCUT2D eigenvalue weighted by atomic mass is 32.2. The van der Waals surface area contributed by atoms with Crippen molar-refractivity contribution < 1.29 is 13.9 Å². The standard InChI is InChI=1S/C14H20FNO2S/c1-10(9-19-4)16(2)8-13(17)11-5-6-14(18-3)12(15)7-11/h5-7,10H,8-9H2,1-4H3. The van der Waals surface area contributed by atoms with E-state index in [0.29, 0.717) is 11.6 Å². The molecule has 0 amide bonds. The van der Waals surface area contributed by atoms with E-state index < -0.39 is 5.82 Å². The van der Waals surface area contributed by atoms with Gasteiger partial charge in [0.25, 0.3) is 0 Å². The summed E-state index contributed by atoms with van der Waals surface area (Å²) in [5, 5.41) is 0. The molecule has 0 heterocycles. The van der Waals surface area contributed by atoms with E-state index in [2.05, 4.69) is 6.92 Å². The number of methoxy groups -OCH3 is 1. The number of Topliss-reactive ketones (excluding diaryl/α,β-unsaturated/α-hetero) is 1. The Bertz CT molecular complexity index is 439. The second-order valence-electron chi connectivity index (χ2n) is 4.49. The number of likely N-dealkylation sites (N-methyl/N-ethyl adjacent to an activating group) is 1.